The third-order valence-corrected chi connectivity index (χ3v) is 2.89. The highest BCUT2D eigenvalue weighted by Gasteiger charge is 2.19. The Bertz CT molecular complexity index is 242. The number of carbonyl (C=O) groups excluding carboxylic acids is 1. The normalized spacial score (nSPS) is 21.1. The molecule has 0 aromatic rings. The number of rotatable bonds is 3. The monoisotopic (exact) mass is 242 g/mol. The second-order valence-electron chi connectivity index (χ2n) is 5.88. The lowest BCUT2D eigenvalue weighted by Crippen LogP contribution is -2.47. The van der Waals surface area contributed by atoms with E-state index >= 15 is 0 Å². The fourth-order valence-electron chi connectivity index (χ4n) is 1.89. The average molecular weight is 242 g/mol. The van der Waals surface area contributed by atoms with Crippen LogP contribution in [0.3, 0.4) is 0 Å². The predicted octanol–water partition coefficient (Wildman–Crippen LogP) is 2.39. The zero-order valence-electron chi connectivity index (χ0n) is 11.6. The maximum Gasteiger partial charge on any atom is 0.317 e. The molecule has 4 nitrogen and oxygen atoms in total. The zero-order valence-corrected chi connectivity index (χ0v) is 11.6. The molecular formula is C13H26N2O2. The predicted molar refractivity (Wildman–Crippen MR) is 69.1 cm³/mol. The first-order valence-corrected chi connectivity index (χ1v) is 6.53. The van der Waals surface area contributed by atoms with E-state index in [4.69, 9.17) is 4.74 Å². The Balaban J connectivity index is 2.23. The Morgan fingerprint density at radius 3 is 2.65 bits per heavy atom. The highest BCUT2D eigenvalue weighted by Crippen LogP contribution is 2.15. The standard InChI is InChI=1S/C13H26N2O2/c1-13(2,3)14-12(16)15(4)9-8-11-7-5-6-10-17-11/h11H,5-10H2,1-4H3,(H,14,16). The summed E-state index contributed by atoms with van der Waals surface area (Å²) in [6.45, 7) is 7.60. The number of hydrogen-bond acceptors (Lipinski definition) is 2. The Morgan fingerprint density at radius 2 is 2.12 bits per heavy atom. The van der Waals surface area contributed by atoms with E-state index in [9.17, 15) is 4.79 Å². The molecular weight excluding hydrogens is 216 g/mol. The van der Waals surface area contributed by atoms with Crippen LogP contribution in [0.5, 0.6) is 0 Å². The lowest BCUT2D eigenvalue weighted by atomic mass is 10.1. The van der Waals surface area contributed by atoms with Gasteiger partial charge >= 0.3 is 6.03 Å². The molecule has 1 N–H and O–H groups in total. The van der Waals surface area contributed by atoms with Crippen molar-refractivity contribution in [3.8, 4) is 0 Å². The van der Waals surface area contributed by atoms with Gasteiger partial charge in [0.25, 0.3) is 0 Å². The van der Waals surface area contributed by atoms with Gasteiger partial charge in [0.15, 0.2) is 0 Å². The quantitative estimate of drug-likeness (QED) is 0.825. The van der Waals surface area contributed by atoms with Crippen LogP contribution >= 0.6 is 0 Å². The fourth-order valence-corrected chi connectivity index (χ4v) is 1.89. The Hall–Kier alpha value is -0.770. The number of ether oxygens (including phenoxy) is 1. The van der Waals surface area contributed by atoms with Crippen LogP contribution in [0.1, 0.15) is 46.5 Å². The molecule has 0 aromatic heterocycles. The largest absolute Gasteiger partial charge is 0.378 e. The number of urea groups is 1. The summed E-state index contributed by atoms with van der Waals surface area (Å²) in [6, 6.07) is -0.00619. The number of nitrogens with zero attached hydrogens (tertiary/aromatic N) is 1. The molecule has 1 atom stereocenters. The lowest BCUT2D eigenvalue weighted by Gasteiger charge is -2.28. The third kappa shape index (κ3) is 5.91. The Kier molecular flexibility index (Phi) is 5.25. The van der Waals surface area contributed by atoms with Crippen molar-refractivity contribution in [2.75, 3.05) is 20.2 Å². The second-order valence-corrected chi connectivity index (χ2v) is 5.88. The van der Waals surface area contributed by atoms with Gasteiger partial charge in [0.1, 0.15) is 0 Å². The van der Waals surface area contributed by atoms with Gasteiger partial charge in [-0.05, 0) is 46.5 Å². The van der Waals surface area contributed by atoms with E-state index in [0.29, 0.717) is 6.10 Å². The molecule has 1 aliphatic heterocycles. The van der Waals surface area contributed by atoms with Crippen LogP contribution in [0, 0.1) is 0 Å². The van der Waals surface area contributed by atoms with Gasteiger partial charge in [0.2, 0.25) is 0 Å². The number of nitrogens with one attached hydrogen (secondary N) is 1. The van der Waals surface area contributed by atoms with E-state index in [2.05, 4.69) is 5.32 Å². The summed E-state index contributed by atoms with van der Waals surface area (Å²) in [4.78, 5) is 13.5. The first kappa shape index (κ1) is 14.3. The molecule has 1 unspecified atom stereocenters. The van der Waals surface area contributed by atoms with E-state index in [1.807, 2.05) is 27.8 Å². The molecule has 1 fully saturated rings. The zero-order chi connectivity index (χ0) is 12.9. The summed E-state index contributed by atoms with van der Waals surface area (Å²) < 4.78 is 5.65. The summed E-state index contributed by atoms with van der Waals surface area (Å²) in [7, 11) is 1.84. The highest BCUT2D eigenvalue weighted by molar-refractivity contribution is 5.74. The van der Waals surface area contributed by atoms with Gasteiger partial charge in [-0.3, -0.25) is 0 Å². The van der Waals surface area contributed by atoms with Crippen LogP contribution in [0.15, 0.2) is 0 Å². The molecule has 0 spiro atoms. The van der Waals surface area contributed by atoms with Crippen molar-refractivity contribution in [2.24, 2.45) is 0 Å². The van der Waals surface area contributed by atoms with Gasteiger partial charge in [-0.15, -0.1) is 0 Å². The molecule has 1 aliphatic rings. The summed E-state index contributed by atoms with van der Waals surface area (Å²) >= 11 is 0. The van der Waals surface area contributed by atoms with Gasteiger partial charge in [-0.2, -0.15) is 0 Å². The molecule has 0 bridgehead atoms. The molecule has 0 aromatic carbocycles. The summed E-state index contributed by atoms with van der Waals surface area (Å²) in [5.74, 6) is 0. The maximum absolute atomic E-state index is 11.8. The van der Waals surface area contributed by atoms with Crippen LogP contribution in [0.25, 0.3) is 0 Å². The first-order valence-electron chi connectivity index (χ1n) is 6.53. The van der Waals surface area contributed by atoms with Crippen molar-refractivity contribution < 1.29 is 9.53 Å². The van der Waals surface area contributed by atoms with Crippen molar-refractivity contribution in [3.05, 3.63) is 0 Å². The summed E-state index contributed by atoms with van der Waals surface area (Å²) in [5, 5.41) is 2.95. The first-order chi connectivity index (χ1) is 7.88. The van der Waals surface area contributed by atoms with Crippen molar-refractivity contribution in [1.82, 2.24) is 10.2 Å². The maximum atomic E-state index is 11.8. The van der Waals surface area contributed by atoms with Crippen LogP contribution in [-0.4, -0.2) is 42.8 Å². The van der Waals surface area contributed by atoms with Gasteiger partial charge in [-0.1, -0.05) is 0 Å². The fraction of sp³-hybridized carbons (Fsp3) is 0.923. The van der Waals surface area contributed by atoms with E-state index < -0.39 is 0 Å². The van der Waals surface area contributed by atoms with E-state index in [0.717, 1.165) is 26.0 Å². The summed E-state index contributed by atoms with van der Waals surface area (Å²) in [5.41, 5.74) is -0.174. The van der Waals surface area contributed by atoms with Crippen molar-refractivity contribution in [2.45, 2.75) is 58.1 Å². The van der Waals surface area contributed by atoms with Crippen molar-refractivity contribution >= 4 is 6.03 Å². The van der Waals surface area contributed by atoms with E-state index in [-0.39, 0.29) is 11.6 Å². The highest BCUT2D eigenvalue weighted by atomic mass is 16.5. The third-order valence-electron chi connectivity index (χ3n) is 2.89. The lowest BCUT2D eigenvalue weighted by molar-refractivity contribution is 0.00820. The molecule has 2 amide bonds. The molecule has 100 valence electrons. The number of carbonyl (C=O) groups is 1. The molecule has 1 saturated heterocycles. The van der Waals surface area contributed by atoms with Crippen molar-refractivity contribution in [1.29, 1.82) is 0 Å². The van der Waals surface area contributed by atoms with Crippen LogP contribution < -0.4 is 5.32 Å². The van der Waals surface area contributed by atoms with E-state index in [1.54, 1.807) is 4.90 Å². The number of hydrogen-bond donors (Lipinski definition) is 1. The molecule has 0 aliphatic carbocycles. The van der Waals surface area contributed by atoms with Gasteiger partial charge in [-0.25, -0.2) is 4.79 Å². The van der Waals surface area contributed by atoms with Crippen LogP contribution in [0.4, 0.5) is 4.79 Å². The average Bonchev–Trinajstić information content (AvgIpc) is 2.25. The summed E-state index contributed by atoms with van der Waals surface area (Å²) in [6.07, 6.45) is 4.84. The molecule has 0 saturated carbocycles. The Morgan fingerprint density at radius 1 is 1.41 bits per heavy atom. The topological polar surface area (TPSA) is 41.6 Å². The second kappa shape index (κ2) is 6.24. The molecule has 1 heterocycles. The molecule has 1 rings (SSSR count). The smallest absolute Gasteiger partial charge is 0.317 e. The van der Waals surface area contributed by atoms with Crippen LogP contribution in [0.2, 0.25) is 0 Å². The molecule has 17 heavy (non-hydrogen) atoms. The van der Waals surface area contributed by atoms with Gasteiger partial charge in [0, 0.05) is 25.7 Å². The van der Waals surface area contributed by atoms with Crippen molar-refractivity contribution in [3.63, 3.8) is 0 Å². The van der Waals surface area contributed by atoms with Gasteiger partial charge in [0.05, 0.1) is 6.10 Å². The molecule has 4 heteroatoms. The SMILES string of the molecule is CN(CCC1CCCCO1)C(=O)NC(C)(C)C. The molecule has 0 radical (unpaired) electrons. The number of amides is 2. The van der Waals surface area contributed by atoms with Crippen LogP contribution in [-0.2, 0) is 4.74 Å². The van der Waals surface area contributed by atoms with Gasteiger partial charge < -0.3 is 15.0 Å². The van der Waals surface area contributed by atoms with E-state index in [1.165, 1.54) is 12.8 Å². The minimum absolute atomic E-state index is 0.00619. The minimum atomic E-state index is -0.174. The minimum Gasteiger partial charge on any atom is -0.378 e. The Labute approximate surface area is 105 Å².